The van der Waals surface area contributed by atoms with Crippen LogP contribution in [0.5, 0.6) is 0 Å². The number of H-pyrrole nitrogens is 2. The zero-order valence-electron chi connectivity index (χ0n) is 17.5. The Morgan fingerprint density at radius 2 is 2.00 bits per heavy atom. The predicted octanol–water partition coefficient (Wildman–Crippen LogP) is 1.02. The summed E-state index contributed by atoms with van der Waals surface area (Å²) in [5.41, 5.74) is 7.01. The van der Waals surface area contributed by atoms with Crippen LogP contribution in [0.25, 0.3) is 33.3 Å². The molecule has 0 fully saturated rings. The molecule has 10 nitrogen and oxygen atoms in total. The molecule has 4 aromatic rings. The summed E-state index contributed by atoms with van der Waals surface area (Å²) in [5, 5.41) is 14.9. The number of benzene rings is 2. The molecule has 2 heterocycles. The third-order valence-corrected chi connectivity index (χ3v) is 5.21. The van der Waals surface area contributed by atoms with E-state index >= 15 is 0 Å². The van der Waals surface area contributed by atoms with E-state index in [1.54, 1.807) is 12.1 Å². The molecule has 1 unspecified atom stereocenters. The normalized spacial score (nSPS) is 12.1. The number of pyridine rings is 1. The fourth-order valence-corrected chi connectivity index (χ4v) is 3.54. The first-order valence-corrected chi connectivity index (χ1v) is 10.1. The van der Waals surface area contributed by atoms with Gasteiger partial charge in [0.25, 0.3) is 11.5 Å². The van der Waals surface area contributed by atoms with Crippen LogP contribution >= 0.6 is 0 Å². The molecule has 33 heavy (non-hydrogen) atoms. The Hall–Kier alpha value is -4.25. The molecule has 0 radical (unpaired) electrons. The summed E-state index contributed by atoms with van der Waals surface area (Å²) in [6, 6.07) is 8.90. The number of aromatic nitrogens is 3. The van der Waals surface area contributed by atoms with Crippen molar-refractivity contribution in [3.05, 3.63) is 58.1 Å². The number of aliphatic hydroxyl groups excluding tert-OH is 1. The molecule has 2 amide bonds. The van der Waals surface area contributed by atoms with E-state index in [0.29, 0.717) is 11.0 Å². The third-order valence-electron chi connectivity index (χ3n) is 5.21. The number of hydrogen-bond acceptors (Lipinski definition) is 6. The molecule has 0 bridgehead atoms. The Morgan fingerprint density at radius 3 is 2.76 bits per heavy atom. The van der Waals surface area contributed by atoms with Gasteiger partial charge in [0.2, 0.25) is 5.91 Å². The van der Waals surface area contributed by atoms with Gasteiger partial charge in [0.15, 0.2) is 0 Å². The summed E-state index contributed by atoms with van der Waals surface area (Å²) in [5.74, 6) is -1.25. The maximum Gasteiger partial charge on any atom is 0.261 e. The van der Waals surface area contributed by atoms with Gasteiger partial charge in [0.05, 0.1) is 40.1 Å². The summed E-state index contributed by atoms with van der Waals surface area (Å²) in [6.45, 7) is -0.104. The number of nitrogen functional groups attached to an aromatic ring is 1. The van der Waals surface area contributed by atoms with Gasteiger partial charge in [-0.2, -0.15) is 0 Å². The molecular weight excluding hydrogens is 431 g/mol. The van der Waals surface area contributed by atoms with E-state index in [-0.39, 0.29) is 52.4 Å². The number of imidazole rings is 1. The van der Waals surface area contributed by atoms with Gasteiger partial charge in [0.1, 0.15) is 17.2 Å². The third kappa shape index (κ3) is 4.26. The van der Waals surface area contributed by atoms with Gasteiger partial charge in [0, 0.05) is 19.2 Å². The zero-order valence-corrected chi connectivity index (χ0v) is 17.5. The van der Waals surface area contributed by atoms with Crippen LogP contribution in [0.1, 0.15) is 16.8 Å². The fraction of sp³-hybridized carbons (Fsp3) is 0.182. The van der Waals surface area contributed by atoms with Crippen LogP contribution < -0.4 is 21.9 Å². The van der Waals surface area contributed by atoms with E-state index in [2.05, 4.69) is 25.6 Å². The predicted molar refractivity (Wildman–Crippen MR) is 121 cm³/mol. The van der Waals surface area contributed by atoms with E-state index in [1.807, 2.05) is 0 Å². The van der Waals surface area contributed by atoms with Gasteiger partial charge < -0.3 is 31.4 Å². The first kappa shape index (κ1) is 22.0. The molecule has 0 aliphatic heterocycles. The molecule has 2 aromatic carbocycles. The Labute approximate surface area is 186 Å². The number of anilines is 1. The molecule has 0 aliphatic rings. The molecule has 170 valence electrons. The van der Waals surface area contributed by atoms with E-state index in [9.17, 15) is 23.9 Å². The van der Waals surface area contributed by atoms with Crippen molar-refractivity contribution in [3.8, 4) is 11.4 Å². The molecule has 0 aliphatic carbocycles. The lowest BCUT2D eigenvalue weighted by Gasteiger charge is -2.11. The number of aromatic amines is 2. The molecule has 11 heteroatoms. The number of rotatable bonds is 6. The van der Waals surface area contributed by atoms with Crippen LogP contribution in [0.4, 0.5) is 10.1 Å². The minimum Gasteiger partial charge on any atom is -0.397 e. The number of nitrogens with one attached hydrogen (secondary N) is 4. The molecule has 2 aromatic heterocycles. The van der Waals surface area contributed by atoms with Crippen molar-refractivity contribution in [3.63, 3.8) is 0 Å². The summed E-state index contributed by atoms with van der Waals surface area (Å²) in [7, 11) is 1.46. The Bertz CT molecular complexity index is 1440. The number of hydrogen-bond donors (Lipinski definition) is 6. The van der Waals surface area contributed by atoms with Crippen LogP contribution in [0.3, 0.4) is 0 Å². The smallest absolute Gasteiger partial charge is 0.261 e. The highest BCUT2D eigenvalue weighted by Gasteiger charge is 2.19. The number of nitrogens with two attached hydrogens (primary N) is 1. The number of halogens is 1. The minimum absolute atomic E-state index is 0.00729. The van der Waals surface area contributed by atoms with Crippen molar-refractivity contribution in [1.82, 2.24) is 25.6 Å². The van der Waals surface area contributed by atoms with E-state index < -0.39 is 23.4 Å². The lowest BCUT2D eigenvalue weighted by Crippen LogP contribution is -2.35. The lowest BCUT2D eigenvalue weighted by molar-refractivity contribution is -0.122. The SMILES string of the molecule is CNC(=O)CC(O)CNC(=O)c1ccc2nc(-c3c(N)c4c(F)cccc4[nH]c3=O)[nH]c2c1. The highest BCUT2D eigenvalue weighted by atomic mass is 19.1. The van der Waals surface area contributed by atoms with Crippen molar-refractivity contribution < 1.29 is 19.1 Å². The first-order chi connectivity index (χ1) is 15.8. The van der Waals surface area contributed by atoms with Crippen molar-refractivity contribution in [2.45, 2.75) is 12.5 Å². The summed E-state index contributed by atoms with van der Waals surface area (Å²) < 4.78 is 14.3. The Balaban J connectivity index is 1.63. The van der Waals surface area contributed by atoms with Gasteiger partial charge in [-0.25, -0.2) is 9.37 Å². The monoisotopic (exact) mass is 452 g/mol. The highest BCUT2D eigenvalue weighted by Crippen LogP contribution is 2.29. The maximum atomic E-state index is 14.3. The molecule has 7 N–H and O–H groups in total. The quantitative estimate of drug-likeness (QED) is 0.255. The second-order valence-corrected chi connectivity index (χ2v) is 7.46. The van der Waals surface area contributed by atoms with Gasteiger partial charge in [-0.1, -0.05) is 6.07 Å². The Morgan fingerprint density at radius 1 is 1.21 bits per heavy atom. The largest absolute Gasteiger partial charge is 0.397 e. The average molecular weight is 452 g/mol. The van der Waals surface area contributed by atoms with Crippen molar-refractivity contribution in [2.24, 2.45) is 0 Å². The standard InChI is InChI=1S/C22H21FN6O4/c1-25-16(31)8-11(30)9-26-21(32)10-5-6-13-15(7-10)28-20(27-13)18-19(24)17-12(23)3-2-4-14(17)29-22(18)33/h2-7,11,30H,8-9H2,1H3,(H,25,31)(H,26,32)(H,27,28)(H3,24,29,33). The zero-order chi connectivity index (χ0) is 23.7. The van der Waals surface area contributed by atoms with Crippen LogP contribution in [0.15, 0.2) is 41.2 Å². The van der Waals surface area contributed by atoms with Gasteiger partial charge >= 0.3 is 0 Å². The van der Waals surface area contributed by atoms with E-state index in [0.717, 1.165) is 0 Å². The summed E-state index contributed by atoms with van der Waals surface area (Å²) >= 11 is 0. The van der Waals surface area contributed by atoms with E-state index in [1.165, 1.54) is 31.3 Å². The molecular formula is C22H21FN6O4. The van der Waals surface area contributed by atoms with Crippen molar-refractivity contribution in [2.75, 3.05) is 19.3 Å². The molecule has 0 saturated heterocycles. The van der Waals surface area contributed by atoms with E-state index in [4.69, 9.17) is 5.73 Å². The van der Waals surface area contributed by atoms with Crippen molar-refractivity contribution >= 4 is 39.4 Å². The van der Waals surface area contributed by atoms with Crippen LogP contribution in [0, 0.1) is 5.82 Å². The molecule has 4 rings (SSSR count). The number of carbonyl (C=O) groups excluding carboxylic acids is 2. The average Bonchev–Trinajstić information content (AvgIpc) is 3.19. The topological polar surface area (TPSA) is 166 Å². The van der Waals surface area contributed by atoms with Crippen molar-refractivity contribution in [1.29, 1.82) is 0 Å². The fourth-order valence-electron chi connectivity index (χ4n) is 3.54. The first-order valence-electron chi connectivity index (χ1n) is 10.1. The van der Waals surface area contributed by atoms with Crippen LogP contribution in [-0.2, 0) is 4.79 Å². The van der Waals surface area contributed by atoms with Gasteiger partial charge in [-0.3, -0.25) is 14.4 Å². The second-order valence-electron chi connectivity index (χ2n) is 7.46. The summed E-state index contributed by atoms with van der Waals surface area (Å²) in [6.07, 6.45) is -1.17. The number of aliphatic hydroxyl groups is 1. The number of carbonyl (C=O) groups is 2. The highest BCUT2D eigenvalue weighted by molar-refractivity contribution is 6.00. The number of amides is 2. The molecule has 0 saturated carbocycles. The maximum absolute atomic E-state index is 14.3. The van der Waals surface area contributed by atoms with Gasteiger partial charge in [-0.05, 0) is 30.3 Å². The molecule has 1 atom stereocenters. The molecule has 0 spiro atoms. The van der Waals surface area contributed by atoms with Crippen LogP contribution in [0.2, 0.25) is 0 Å². The summed E-state index contributed by atoms with van der Waals surface area (Å²) in [4.78, 5) is 46.3. The second kappa shape index (κ2) is 8.71. The van der Waals surface area contributed by atoms with Crippen LogP contribution in [-0.4, -0.2) is 51.6 Å². The number of nitrogens with zero attached hydrogens (tertiary/aromatic N) is 1. The lowest BCUT2D eigenvalue weighted by atomic mass is 10.1. The minimum atomic E-state index is -1.03. The number of fused-ring (bicyclic) bond motifs is 2. The van der Waals surface area contributed by atoms with Gasteiger partial charge in [-0.15, -0.1) is 0 Å². The Kier molecular flexibility index (Phi) is 5.80.